The first-order valence-corrected chi connectivity index (χ1v) is 6.78. The lowest BCUT2D eigenvalue weighted by Crippen LogP contribution is -2.08. The average molecular weight is 233 g/mol. The van der Waals surface area contributed by atoms with Gasteiger partial charge in [0, 0.05) is 24.2 Å². The molecule has 0 saturated heterocycles. The second kappa shape index (κ2) is 5.48. The van der Waals surface area contributed by atoms with E-state index >= 15 is 0 Å². The summed E-state index contributed by atoms with van der Waals surface area (Å²) in [6, 6.07) is 2.04. The second-order valence-corrected chi connectivity index (χ2v) is 5.29. The summed E-state index contributed by atoms with van der Waals surface area (Å²) >= 11 is 0. The molecule has 2 rings (SSSR count). The van der Waals surface area contributed by atoms with Crippen LogP contribution in [-0.4, -0.2) is 16.5 Å². The Morgan fingerprint density at radius 2 is 2.18 bits per heavy atom. The third-order valence-electron chi connectivity index (χ3n) is 3.49. The van der Waals surface area contributed by atoms with E-state index in [1.165, 1.54) is 19.3 Å². The number of aromatic nitrogens is 2. The van der Waals surface area contributed by atoms with Crippen LogP contribution in [0.2, 0.25) is 0 Å². The Bertz CT molecular complexity index is 376. The van der Waals surface area contributed by atoms with Crippen molar-refractivity contribution in [2.24, 2.45) is 5.92 Å². The van der Waals surface area contributed by atoms with E-state index in [0.717, 1.165) is 36.2 Å². The van der Waals surface area contributed by atoms with Gasteiger partial charge in [-0.15, -0.1) is 0 Å². The van der Waals surface area contributed by atoms with Crippen molar-refractivity contribution in [2.75, 3.05) is 11.9 Å². The predicted molar refractivity (Wildman–Crippen MR) is 71.3 cm³/mol. The molecule has 0 aliphatic heterocycles. The predicted octanol–water partition coefficient (Wildman–Crippen LogP) is 3.51. The van der Waals surface area contributed by atoms with Crippen LogP contribution < -0.4 is 5.32 Å². The van der Waals surface area contributed by atoms with E-state index in [2.05, 4.69) is 36.1 Å². The molecule has 1 fully saturated rings. The summed E-state index contributed by atoms with van der Waals surface area (Å²) in [5.41, 5.74) is 1.08. The summed E-state index contributed by atoms with van der Waals surface area (Å²) in [6.07, 6.45) is 4.94. The molecule has 0 radical (unpaired) electrons. The molecule has 17 heavy (non-hydrogen) atoms. The van der Waals surface area contributed by atoms with Gasteiger partial charge in [0.25, 0.3) is 0 Å². The summed E-state index contributed by atoms with van der Waals surface area (Å²) in [7, 11) is 0. The fourth-order valence-electron chi connectivity index (χ4n) is 2.56. The van der Waals surface area contributed by atoms with Crippen LogP contribution in [0.15, 0.2) is 6.07 Å². The molecule has 1 aromatic rings. The second-order valence-electron chi connectivity index (χ2n) is 5.29. The van der Waals surface area contributed by atoms with Gasteiger partial charge in [0.2, 0.25) is 0 Å². The van der Waals surface area contributed by atoms with Crippen LogP contribution in [0.5, 0.6) is 0 Å². The zero-order valence-corrected chi connectivity index (χ0v) is 11.2. The fourth-order valence-corrected chi connectivity index (χ4v) is 2.56. The third-order valence-corrected chi connectivity index (χ3v) is 3.49. The van der Waals surface area contributed by atoms with Gasteiger partial charge in [-0.3, -0.25) is 0 Å². The maximum atomic E-state index is 4.67. The Balaban J connectivity index is 2.13. The zero-order chi connectivity index (χ0) is 12.3. The van der Waals surface area contributed by atoms with Gasteiger partial charge in [0.05, 0.1) is 0 Å². The first-order chi connectivity index (χ1) is 8.19. The quantitative estimate of drug-likeness (QED) is 0.864. The molecule has 2 unspecified atom stereocenters. The highest BCUT2D eigenvalue weighted by molar-refractivity contribution is 5.36. The van der Waals surface area contributed by atoms with Crippen molar-refractivity contribution < 1.29 is 0 Å². The highest BCUT2D eigenvalue weighted by Crippen LogP contribution is 2.36. The van der Waals surface area contributed by atoms with E-state index in [1.807, 2.05) is 6.07 Å². The van der Waals surface area contributed by atoms with Crippen molar-refractivity contribution >= 4 is 5.82 Å². The van der Waals surface area contributed by atoms with Gasteiger partial charge in [-0.1, -0.05) is 13.8 Å². The van der Waals surface area contributed by atoms with Crippen LogP contribution >= 0.6 is 0 Å². The van der Waals surface area contributed by atoms with Crippen molar-refractivity contribution in [2.45, 2.75) is 52.4 Å². The molecule has 1 aromatic heterocycles. The van der Waals surface area contributed by atoms with Crippen molar-refractivity contribution in [3.63, 3.8) is 0 Å². The minimum absolute atomic E-state index is 0.576. The Kier molecular flexibility index (Phi) is 3.97. The van der Waals surface area contributed by atoms with E-state index in [9.17, 15) is 0 Å². The highest BCUT2D eigenvalue weighted by atomic mass is 15.0. The lowest BCUT2D eigenvalue weighted by Gasteiger charge is -2.12. The van der Waals surface area contributed by atoms with Crippen LogP contribution in [0.4, 0.5) is 5.82 Å². The molecule has 94 valence electrons. The molecular formula is C14H23N3. The molecule has 1 saturated carbocycles. The number of nitrogens with zero attached hydrogens (tertiary/aromatic N) is 2. The molecule has 0 spiro atoms. The zero-order valence-electron chi connectivity index (χ0n) is 11.2. The van der Waals surface area contributed by atoms with Gasteiger partial charge in [0.1, 0.15) is 11.6 Å². The normalized spacial score (nSPS) is 23.9. The SMILES string of the molecule is CCCNc1cc(C)nc(C2CCC(C)C2)n1. The van der Waals surface area contributed by atoms with Crippen molar-refractivity contribution in [3.05, 3.63) is 17.6 Å². The van der Waals surface area contributed by atoms with E-state index in [4.69, 9.17) is 0 Å². The van der Waals surface area contributed by atoms with Crippen LogP contribution in [-0.2, 0) is 0 Å². The molecule has 1 heterocycles. The van der Waals surface area contributed by atoms with Crippen molar-refractivity contribution in [1.29, 1.82) is 0 Å². The van der Waals surface area contributed by atoms with E-state index in [1.54, 1.807) is 0 Å². The maximum Gasteiger partial charge on any atom is 0.134 e. The van der Waals surface area contributed by atoms with E-state index in [0.29, 0.717) is 5.92 Å². The number of aryl methyl sites for hydroxylation is 1. The first kappa shape index (κ1) is 12.3. The Labute approximate surface area is 104 Å². The molecule has 0 aromatic carbocycles. The summed E-state index contributed by atoms with van der Waals surface area (Å²) < 4.78 is 0. The highest BCUT2D eigenvalue weighted by Gasteiger charge is 2.25. The summed E-state index contributed by atoms with van der Waals surface area (Å²) in [5.74, 6) is 3.45. The van der Waals surface area contributed by atoms with Gasteiger partial charge in [-0.25, -0.2) is 9.97 Å². The molecule has 1 aliphatic carbocycles. The van der Waals surface area contributed by atoms with Crippen LogP contribution in [0.1, 0.15) is 57.0 Å². The number of hydrogen-bond donors (Lipinski definition) is 1. The Morgan fingerprint density at radius 1 is 1.35 bits per heavy atom. The number of anilines is 1. The Morgan fingerprint density at radius 3 is 2.82 bits per heavy atom. The monoisotopic (exact) mass is 233 g/mol. The summed E-state index contributed by atoms with van der Waals surface area (Å²) in [6.45, 7) is 7.53. The van der Waals surface area contributed by atoms with Gasteiger partial charge < -0.3 is 5.32 Å². The fraction of sp³-hybridized carbons (Fsp3) is 0.714. The van der Waals surface area contributed by atoms with Crippen LogP contribution in [0, 0.1) is 12.8 Å². The number of rotatable bonds is 4. The maximum absolute atomic E-state index is 4.67. The summed E-state index contributed by atoms with van der Waals surface area (Å²) in [5, 5.41) is 3.36. The molecule has 1 N–H and O–H groups in total. The van der Waals surface area contributed by atoms with Crippen LogP contribution in [0.25, 0.3) is 0 Å². The van der Waals surface area contributed by atoms with Gasteiger partial charge >= 0.3 is 0 Å². The lowest BCUT2D eigenvalue weighted by molar-refractivity contribution is 0.584. The number of hydrogen-bond acceptors (Lipinski definition) is 3. The molecule has 0 bridgehead atoms. The van der Waals surface area contributed by atoms with Gasteiger partial charge in [-0.2, -0.15) is 0 Å². The number of nitrogens with one attached hydrogen (secondary N) is 1. The molecular weight excluding hydrogens is 210 g/mol. The van der Waals surface area contributed by atoms with Crippen LogP contribution in [0.3, 0.4) is 0 Å². The first-order valence-electron chi connectivity index (χ1n) is 6.78. The largest absolute Gasteiger partial charge is 0.370 e. The minimum Gasteiger partial charge on any atom is -0.370 e. The standard InChI is InChI=1S/C14H23N3/c1-4-7-15-13-9-11(3)16-14(17-13)12-6-5-10(2)8-12/h9-10,12H,4-8H2,1-3H3,(H,15,16,17). The molecule has 2 atom stereocenters. The molecule has 3 nitrogen and oxygen atoms in total. The third kappa shape index (κ3) is 3.18. The van der Waals surface area contributed by atoms with Gasteiger partial charge in [0.15, 0.2) is 0 Å². The molecule has 3 heteroatoms. The van der Waals surface area contributed by atoms with Gasteiger partial charge in [-0.05, 0) is 38.5 Å². The lowest BCUT2D eigenvalue weighted by atomic mass is 10.1. The van der Waals surface area contributed by atoms with Crippen molar-refractivity contribution in [1.82, 2.24) is 9.97 Å². The molecule has 1 aliphatic rings. The topological polar surface area (TPSA) is 37.8 Å². The smallest absolute Gasteiger partial charge is 0.134 e. The van der Waals surface area contributed by atoms with E-state index in [-0.39, 0.29) is 0 Å². The molecule has 0 amide bonds. The average Bonchev–Trinajstić information content (AvgIpc) is 2.72. The minimum atomic E-state index is 0.576. The Hall–Kier alpha value is -1.12. The summed E-state index contributed by atoms with van der Waals surface area (Å²) in [4.78, 5) is 9.27. The van der Waals surface area contributed by atoms with Crippen molar-refractivity contribution in [3.8, 4) is 0 Å². The van der Waals surface area contributed by atoms with E-state index < -0.39 is 0 Å².